The van der Waals surface area contributed by atoms with Gasteiger partial charge in [0.15, 0.2) is 17.3 Å². The summed E-state index contributed by atoms with van der Waals surface area (Å²) in [5.74, 6) is 0.487. The van der Waals surface area contributed by atoms with E-state index in [1.165, 1.54) is 23.1 Å². The molecule has 0 bridgehead atoms. The highest BCUT2D eigenvalue weighted by molar-refractivity contribution is 8.19. The van der Waals surface area contributed by atoms with Gasteiger partial charge in [0, 0.05) is 16.6 Å². The molecule has 1 aromatic heterocycles. The van der Waals surface area contributed by atoms with Crippen molar-refractivity contribution in [3.05, 3.63) is 80.1 Å². The zero-order valence-corrected chi connectivity index (χ0v) is 18.3. The lowest BCUT2D eigenvalue weighted by molar-refractivity contribution is -0.114. The quantitative estimate of drug-likeness (QED) is 0.474. The molecule has 0 aliphatic carbocycles. The zero-order valence-electron chi connectivity index (χ0n) is 15.9. The number of halogens is 1. The Morgan fingerprint density at radius 3 is 2.70 bits per heavy atom. The van der Waals surface area contributed by atoms with Gasteiger partial charge in [-0.05, 0) is 41.5 Å². The summed E-state index contributed by atoms with van der Waals surface area (Å²) in [5, 5.41) is 11.6. The van der Waals surface area contributed by atoms with Crippen molar-refractivity contribution in [3.63, 3.8) is 0 Å². The summed E-state index contributed by atoms with van der Waals surface area (Å²) in [6.45, 7) is 0.384. The van der Waals surface area contributed by atoms with E-state index in [0.717, 1.165) is 11.1 Å². The van der Waals surface area contributed by atoms with Gasteiger partial charge < -0.3 is 9.47 Å². The number of thioether (sulfide) groups is 1. The highest BCUT2D eigenvalue weighted by Crippen LogP contribution is 2.41. The Labute approximate surface area is 187 Å². The number of thiazole rings is 1. The molecule has 1 aliphatic rings. The fraction of sp³-hybridized carbons (Fsp3) is 0.136. The van der Waals surface area contributed by atoms with Crippen LogP contribution in [-0.2, 0) is 11.4 Å². The number of rotatable bonds is 6. The van der Waals surface area contributed by atoms with Gasteiger partial charge in [-0.15, -0.1) is 11.3 Å². The number of allylic oxidation sites excluding steroid dienone is 1. The number of ether oxygens (including phenoxy) is 2. The van der Waals surface area contributed by atoms with Crippen molar-refractivity contribution in [2.24, 2.45) is 0 Å². The number of nitrogens with zero attached hydrogens (tertiary/aromatic N) is 1. The summed E-state index contributed by atoms with van der Waals surface area (Å²) >= 11 is 8.48. The van der Waals surface area contributed by atoms with Crippen LogP contribution in [0.15, 0.2) is 58.9 Å². The molecule has 152 valence electrons. The lowest BCUT2D eigenvalue weighted by atomic mass is 10.0. The van der Waals surface area contributed by atoms with E-state index in [2.05, 4.69) is 4.98 Å². The molecule has 0 radical (unpaired) electrons. The van der Waals surface area contributed by atoms with Crippen molar-refractivity contribution in [2.75, 3.05) is 7.11 Å². The molecule has 0 spiro atoms. The Balaban J connectivity index is 1.52. The number of ketones is 1. The molecule has 0 amide bonds. The van der Waals surface area contributed by atoms with Crippen LogP contribution < -0.4 is 9.47 Å². The van der Waals surface area contributed by atoms with Crippen LogP contribution in [0.25, 0.3) is 6.08 Å². The molecule has 1 aliphatic heterocycles. The number of nitrogens with one attached hydrogen (secondary N) is 1. The normalized spacial score (nSPS) is 17.5. The van der Waals surface area contributed by atoms with E-state index >= 15 is 0 Å². The average Bonchev–Trinajstić information content (AvgIpc) is 3.36. The zero-order chi connectivity index (χ0) is 21.1. The molecular weight excluding hydrogens is 440 g/mol. The molecule has 3 aromatic rings. The summed E-state index contributed by atoms with van der Waals surface area (Å²) in [6.07, 6.45) is 3.43. The topological polar surface area (TPSA) is 72.3 Å². The minimum atomic E-state index is -0.592. The Kier molecular flexibility index (Phi) is 6.22. The van der Waals surface area contributed by atoms with E-state index < -0.39 is 5.92 Å². The van der Waals surface area contributed by atoms with Crippen LogP contribution in [0.5, 0.6) is 11.5 Å². The van der Waals surface area contributed by atoms with E-state index in [-0.39, 0.29) is 5.78 Å². The number of benzene rings is 2. The number of methoxy groups -OCH3 is 1. The molecule has 30 heavy (non-hydrogen) atoms. The van der Waals surface area contributed by atoms with Gasteiger partial charge in [-0.2, -0.15) is 0 Å². The SMILES string of the molecule is COc1cc(/C=C2\SC(=N)[C@H](c3nccs3)C2=O)ccc1OCc1ccc(Cl)cc1. The third kappa shape index (κ3) is 4.43. The van der Waals surface area contributed by atoms with E-state index in [1.807, 2.05) is 47.8 Å². The molecule has 8 heteroatoms. The van der Waals surface area contributed by atoms with Crippen molar-refractivity contribution in [1.29, 1.82) is 5.41 Å². The predicted molar refractivity (Wildman–Crippen MR) is 122 cm³/mol. The standard InChI is InChI=1S/C22H17ClN2O3S2/c1-27-17-10-14(4-7-16(17)28-12-13-2-5-15(23)6-3-13)11-18-20(26)19(21(24)30-18)22-25-8-9-29-22/h2-11,19,24H,12H2,1H3/b18-11-,24-21?/t19-/m1/s1. The highest BCUT2D eigenvalue weighted by Gasteiger charge is 2.38. The van der Waals surface area contributed by atoms with Gasteiger partial charge in [0.05, 0.1) is 17.1 Å². The third-order valence-electron chi connectivity index (χ3n) is 4.48. The second-order valence-corrected chi connectivity index (χ2v) is 8.91. The van der Waals surface area contributed by atoms with Crippen LogP contribution >= 0.6 is 34.7 Å². The molecule has 1 fully saturated rings. The number of Topliss-reactive ketones (excluding diaryl/α,β-unsaturated/α-hetero) is 1. The molecule has 1 atom stereocenters. The summed E-state index contributed by atoms with van der Waals surface area (Å²) in [4.78, 5) is 17.5. The van der Waals surface area contributed by atoms with Gasteiger partial charge >= 0.3 is 0 Å². The van der Waals surface area contributed by atoms with Gasteiger partial charge in [-0.3, -0.25) is 10.2 Å². The second-order valence-electron chi connectivity index (χ2n) is 6.47. The third-order valence-corrected chi connectivity index (χ3v) is 6.57. The van der Waals surface area contributed by atoms with Crippen molar-refractivity contribution in [2.45, 2.75) is 12.5 Å². The second kappa shape index (κ2) is 9.04. The molecule has 5 nitrogen and oxygen atoms in total. The average molecular weight is 457 g/mol. The van der Waals surface area contributed by atoms with Gasteiger partial charge in [-0.25, -0.2) is 4.98 Å². The molecular formula is C22H17ClN2O3S2. The number of aromatic nitrogens is 1. The number of hydrogen-bond donors (Lipinski definition) is 1. The van der Waals surface area contributed by atoms with Crippen LogP contribution in [0, 0.1) is 5.41 Å². The Hall–Kier alpha value is -2.61. The van der Waals surface area contributed by atoms with Crippen LogP contribution in [-0.4, -0.2) is 22.9 Å². The number of carbonyl (C=O) groups excluding carboxylic acids is 1. The largest absolute Gasteiger partial charge is 0.493 e. The molecule has 1 N–H and O–H groups in total. The Morgan fingerprint density at radius 2 is 2.00 bits per heavy atom. The minimum Gasteiger partial charge on any atom is -0.493 e. The smallest absolute Gasteiger partial charge is 0.186 e. The minimum absolute atomic E-state index is 0.0954. The maximum atomic E-state index is 12.8. The van der Waals surface area contributed by atoms with Gasteiger partial charge in [0.25, 0.3) is 0 Å². The maximum absolute atomic E-state index is 12.8. The van der Waals surface area contributed by atoms with Crippen LogP contribution in [0.3, 0.4) is 0 Å². The van der Waals surface area contributed by atoms with Crippen LogP contribution in [0.2, 0.25) is 5.02 Å². The van der Waals surface area contributed by atoms with Crippen molar-refractivity contribution >= 4 is 51.6 Å². The van der Waals surface area contributed by atoms with Crippen LogP contribution in [0.4, 0.5) is 0 Å². The van der Waals surface area contributed by atoms with Crippen molar-refractivity contribution in [1.82, 2.24) is 4.98 Å². The van der Waals surface area contributed by atoms with E-state index in [1.54, 1.807) is 19.4 Å². The summed E-state index contributed by atoms with van der Waals surface area (Å²) < 4.78 is 11.3. The van der Waals surface area contributed by atoms with Crippen LogP contribution in [0.1, 0.15) is 22.1 Å². The van der Waals surface area contributed by atoms with Crippen molar-refractivity contribution < 1.29 is 14.3 Å². The highest BCUT2D eigenvalue weighted by atomic mass is 35.5. The number of carbonyl (C=O) groups is 1. The fourth-order valence-electron chi connectivity index (χ4n) is 2.98. The summed E-state index contributed by atoms with van der Waals surface area (Å²) in [7, 11) is 1.57. The van der Waals surface area contributed by atoms with Gasteiger partial charge in [-0.1, -0.05) is 41.6 Å². The molecule has 0 saturated carbocycles. The van der Waals surface area contributed by atoms with E-state index in [0.29, 0.717) is 38.1 Å². The van der Waals surface area contributed by atoms with Gasteiger partial charge in [0.2, 0.25) is 0 Å². The first kappa shape index (κ1) is 20.7. The first-order valence-corrected chi connectivity index (χ1v) is 11.1. The summed E-state index contributed by atoms with van der Waals surface area (Å²) in [6, 6.07) is 12.9. The molecule has 1 saturated heterocycles. The maximum Gasteiger partial charge on any atom is 0.186 e. The first-order valence-electron chi connectivity index (χ1n) is 9.02. The molecule has 2 heterocycles. The predicted octanol–water partition coefficient (Wildman–Crippen LogP) is 5.80. The van der Waals surface area contributed by atoms with E-state index in [4.69, 9.17) is 26.5 Å². The van der Waals surface area contributed by atoms with E-state index in [9.17, 15) is 4.79 Å². The molecule has 0 unspecified atom stereocenters. The first-order chi connectivity index (χ1) is 14.5. The fourth-order valence-corrected chi connectivity index (χ4v) is 4.91. The summed E-state index contributed by atoms with van der Waals surface area (Å²) in [5.41, 5.74) is 1.79. The monoisotopic (exact) mass is 456 g/mol. The van der Waals surface area contributed by atoms with Gasteiger partial charge in [0.1, 0.15) is 17.5 Å². The lowest BCUT2D eigenvalue weighted by Gasteiger charge is -2.11. The molecule has 2 aromatic carbocycles. The molecule has 4 rings (SSSR count). The number of hydrogen-bond acceptors (Lipinski definition) is 7. The van der Waals surface area contributed by atoms with Crippen molar-refractivity contribution in [3.8, 4) is 11.5 Å². The Bertz CT molecular complexity index is 1110. The lowest BCUT2D eigenvalue weighted by Crippen LogP contribution is -2.11. The Morgan fingerprint density at radius 1 is 1.20 bits per heavy atom.